The lowest BCUT2D eigenvalue weighted by molar-refractivity contribution is -0.137. The Balaban J connectivity index is 1.90. The van der Waals surface area contributed by atoms with Gasteiger partial charge in [0.25, 0.3) is 11.5 Å². The van der Waals surface area contributed by atoms with Gasteiger partial charge in [-0.05, 0) is 30.2 Å². The molecule has 2 amide bonds. The van der Waals surface area contributed by atoms with Crippen LogP contribution in [0.1, 0.15) is 40.4 Å². The molecule has 0 bridgehead atoms. The molecule has 1 aliphatic heterocycles. The van der Waals surface area contributed by atoms with Crippen molar-refractivity contribution < 1.29 is 22.8 Å². The fraction of sp³-hybridized carbons (Fsp3) is 0.350. The van der Waals surface area contributed by atoms with E-state index in [1.807, 2.05) is 0 Å². The first kappa shape index (κ1) is 20.6. The van der Waals surface area contributed by atoms with Crippen LogP contribution in [0.4, 0.5) is 13.2 Å². The zero-order valence-electron chi connectivity index (χ0n) is 15.7. The number of aryl methyl sites for hydroxylation is 1. The number of nitrogens with one attached hydrogen (secondary N) is 1. The van der Waals surface area contributed by atoms with E-state index in [1.54, 1.807) is 0 Å². The summed E-state index contributed by atoms with van der Waals surface area (Å²) in [5.41, 5.74) is -0.895. The van der Waals surface area contributed by atoms with Gasteiger partial charge in [0.2, 0.25) is 5.91 Å². The topological polar surface area (TPSA) is 71.4 Å². The monoisotopic (exact) mass is 407 g/mol. The molecule has 2 aromatic rings. The van der Waals surface area contributed by atoms with Gasteiger partial charge in [-0.1, -0.05) is 12.1 Å². The molecular formula is C20H20F3N3O3. The molecule has 1 atom stereocenters. The van der Waals surface area contributed by atoms with Crippen LogP contribution in [-0.2, 0) is 18.0 Å². The van der Waals surface area contributed by atoms with Gasteiger partial charge >= 0.3 is 6.18 Å². The summed E-state index contributed by atoms with van der Waals surface area (Å²) in [6, 6.07) is 6.41. The van der Waals surface area contributed by atoms with E-state index in [0.717, 1.165) is 18.2 Å². The molecule has 1 N–H and O–H groups in total. The number of amides is 2. The molecule has 0 spiro atoms. The predicted molar refractivity (Wildman–Crippen MR) is 99.1 cm³/mol. The molecule has 9 heteroatoms. The van der Waals surface area contributed by atoms with Gasteiger partial charge in [0.1, 0.15) is 0 Å². The Labute approximate surface area is 164 Å². The number of rotatable bonds is 5. The van der Waals surface area contributed by atoms with Gasteiger partial charge in [-0.15, -0.1) is 0 Å². The van der Waals surface area contributed by atoms with Crippen LogP contribution < -0.4 is 10.9 Å². The van der Waals surface area contributed by atoms with Gasteiger partial charge in [0, 0.05) is 44.4 Å². The number of halogens is 3. The minimum absolute atomic E-state index is 0.0523. The second kappa shape index (κ2) is 8.10. The Kier molecular flexibility index (Phi) is 5.76. The quantitative estimate of drug-likeness (QED) is 0.828. The summed E-state index contributed by atoms with van der Waals surface area (Å²) < 4.78 is 40.7. The van der Waals surface area contributed by atoms with E-state index < -0.39 is 23.7 Å². The first-order valence-electron chi connectivity index (χ1n) is 9.07. The van der Waals surface area contributed by atoms with E-state index in [4.69, 9.17) is 0 Å². The molecule has 154 valence electrons. The van der Waals surface area contributed by atoms with Crippen molar-refractivity contribution in [3.8, 4) is 0 Å². The first-order valence-corrected chi connectivity index (χ1v) is 9.07. The van der Waals surface area contributed by atoms with Crippen LogP contribution in [0.5, 0.6) is 0 Å². The van der Waals surface area contributed by atoms with Crippen molar-refractivity contribution in [2.75, 3.05) is 13.1 Å². The summed E-state index contributed by atoms with van der Waals surface area (Å²) >= 11 is 0. The van der Waals surface area contributed by atoms with Crippen molar-refractivity contribution in [3.05, 3.63) is 69.6 Å². The number of alkyl halides is 3. The zero-order chi connectivity index (χ0) is 21.2. The lowest BCUT2D eigenvalue weighted by Crippen LogP contribution is -2.39. The average molecular weight is 407 g/mol. The Morgan fingerprint density at radius 3 is 2.59 bits per heavy atom. The summed E-state index contributed by atoms with van der Waals surface area (Å²) in [5, 5.41) is 2.67. The first-order chi connectivity index (χ1) is 13.6. The molecule has 3 rings (SSSR count). The molecule has 1 aromatic heterocycles. The number of hydrogen-bond donors (Lipinski definition) is 1. The summed E-state index contributed by atoms with van der Waals surface area (Å²) in [5.74, 6) is -0.707. The second-order valence-corrected chi connectivity index (χ2v) is 6.96. The van der Waals surface area contributed by atoms with Crippen LogP contribution in [0.2, 0.25) is 0 Å². The maximum Gasteiger partial charge on any atom is 0.416 e. The fourth-order valence-corrected chi connectivity index (χ4v) is 3.21. The highest BCUT2D eigenvalue weighted by Gasteiger charge is 2.32. The summed E-state index contributed by atoms with van der Waals surface area (Å²) in [7, 11) is 1.54. The van der Waals surface area contributed by atoms with Crippen molar-refractivity contribution >= 4 is 11.8 Å². The van der Waals surface area contributed by atoms with Crippen molar-refractivity contribution in [1.82, 2.24) is 14.8 Å². The van der Waals surface area contributed by atoms with Gasteiger partial charge in [-0.2, -0.15) is 13.2 Å². The Hall–Kier alpha value is -3.10. The number of likely N-dealkylation sites (tertiary alicyclic amines) is 1. The predicted octanol–water partition coefficient (Wildman–Crippen LogP) is 2.50. The molecule has 1 aliphatic rings. The van der Waals surface area contributed by atoms with Crippen LogP contribution in [-0.4, -0.2) is 34.4 Å². The van der Waals surface area contributed by atoms with Gasteiger partial charge in [0.05, 0.1) is 11.6 Å². The SMILES string of the molecule is Cn1ccc(C(=O)N[C@H](CN2CCCC2=O)c2cccc(C(F)(F)F)c2)cc1=O. The number of carbonyl (C=O) groups excluding carboxylic acids is 2. The largest absolute Gasteiger partial charge is 0.416 e. The highest BCUT2D eigenvalue weighted by Crippen LogP contribution is 2.31. The van der Waals surface area contributed by atoms with Gasteiger partial charge in [-0.25, -0.2) is 0 Å². The van der Waals surface area contributed by atoms with Crippen molar-refractivity contribution in [3.63, 3.8) is 0 Å². The molecule has 1 aromatic carbocycles. The minimum atomic E-state index is -4.53. The summed E-state index contributed by atoms with van der Waals surface area (Å²) in [6.45, 7) is 0.534. The van der Waals surface area contributed by atoms with Gasteiger partial charge in [0.15, 0.2) is 0 Å². The second-order valence-electron chi connectivity index (χ2n) is 6.96. The summed E-state index contributed by atoms with van der Waals surface area (Å²) in [6.07, 6.45) is -2.06. The van der Waals surface area contributed by atoms with Crippen molar-refractivity contribution in [2.45, 2.75) is 25.1 Å². The standard InChI is InChI=1S/C20H20F3N3O3/c1-25-9-7-14(11-18(25)28)19(29)24-16(12-26-8-3-6-17(26)27)13-4-2-5-15(10-13)20(21,22)23/h2,4-5,7,9-11,16H,3,6,8,12H2,1H3,(H,24,29)/t16-/m1/s1. The number of nitrogens with zero attached hydrogens (tertiary/aromatic N) is 2. The molecule has 6 nitrogen and oxygen atoms in total. The average Bonchev–Trinajstić information content (AvgIpc) is 3.07. The van der Waals surface area contributed by atoms with Crippen molar-refractivity contribution in [2.24, 2.45) is 7.05 Å². The number of pyridine rings is 1. The van der Waals surface area contributed by atoms with Crippen molar-refractivity contribution in [1.29, 1.82) is 0 Å². The van der Waals surface area contributed by atoms with Gasteiger partial charge < -0.3 is 14.8 Å². The molecule has 1 fully saturated rings. The van der Waals surface area contributed by atoms with E-state index in [1.165, 1.54) is 40.9 Å². The third-order valence-electron chi connectivity index (χ3n) is 4.86. The number of aromatic nitrogens is 1. The van der Waals surface area contributed by atoms with E-state index in [-0.39, 0.29) is 29.1 Å². The smallest absolute Gasteiger partial charge is 0.343 e. The van der Waals surface area contributed by atoms with E-state index in [9.17, 15) is 27.6 Å². The fourth-order valence-electron chi connectivity index (χ4n) is 3.21. The van der Waals surface area contributed by atoms with E-state index >= 15 is 0 Å². The molecule has 1 saturated heterocycles. The molecule has 29 heavy (non-hydrogen) atoms. The highest BCUT2D eigenvalue weighted by molar-refractivity contribution is 5.94. The van der Waals surface area contributed by atoms with Crippen LogP contribution in [0.25, 0.3) is 0 Å². The van der Waals surface area contributed by atoms with Crippen LogP contribution in [0, 0.1) is 0 Å². The Morgan fingerprint density at radius 1 is 1.21 bits per heavy atom. The van der Waals surface area contributed by atoms with E-state index in [0.29, 0.717) is 19.4 Å². The normalized spacial score (nSPS) is 15.4. The number of carbonyl (C=O) groups is 2. The molecule has 0 saturated carbocycles. The van der Waals surface area contributed by atoms with Crippen LogP contribution in [0.15, 0.2) is 47.4 Å². The third kappa shape index (κ3) is 4.85. The molecule has 2 heterocycles. The summed E-state index contributed by atoms with van der Waals surface area (Å²) in [4.78, 5) is 37.9. The number of benzene rings is 1. The molecular weight excluding hydrogens is 387 g/mol. The lowest BCUT2D eigenvalue weighted by Gasteiger charge is -2.26. The molecule has 0 aliphatic carbocycles. The highest BCUT2D eigenvalue weighted by atomic mass is 19.4. The molecule has 0 radical (unpaired) electrons. The number of hydrogen-bond acceptors (Lipinski definition) is 3. The maximum atomic E-state index is 13.1. The third-order valence-corrected chi connectivity index (χ3v) is 4.86. The minimum Gasteiger partial charge on any atom is -0.343 e. The van der Waals surface area contributed by atoms with E-state index in [2.05, 4.69) is 5.32 Å². The molecule has 0 unspecified atom stereocenters. The van der Waals surface area contributed by atoms with Crippen LogP contribution >= 0.6 is 0 Å². The van der Waals surface area contributed by atoms with Gasteiger partial charge in [-0.3, -0.25) is 14.4 Å². The Morgan fingerprint density at radius 2 is 1.97 bits per heavy atom. The maximum absolute atomic E-state index is 13.1. The Bertz CT molecular complexity index is 985. The zero-order valence-corrected chi connectivity index (χ0v) is 15.7. The van der Waals surface area contributed by atoms with Crippen LogP contribution in [0.3, 0.4) is 0 Å². The lowest BCUT2D eigenvalue weighted by atomic mass is 10.0.